The number of nitrogens with zero attached hydrogens (tertiary/aromatic N) is 1. The third kappa shape index (κ3) is 3.87. The number of likely N-dealkylation sites (tertiary alicyclic amines) is 1. The van der Waals surface area contributed by atoms with Crippen LogP contribution in [0.4, 0.5) is 0 Å². The lowest BCUT2D eigenvalue weighted by Crippen LogP contribution is -2.52. The maximum absolute atomic E-state index is 12.6. The van der Waals surface area contributed by atoms with E-state index in [9.17, 15) is 8.42 Å². The molecule has 0 unspecified atom stereocenters. The first-order valence-electron chi connectivity index (χ1n) is 8.72. The van der Waals surface area contributed by atoms with Crippen LogP contribution in [-0.4, -0.2) is 38.0 Å². The Morgan fingerprint density at radius 1 is 1.33 bits per heavy atom. The second kappa shape index (κ2) is 5.79. The van der Waals surface area contributed by atoms with Crippen molar-refractivity contribution in [1.29, 1.82) is 0 Å². The van der Waals surface area contributed by atoms with Gasteiger partial charge in [0.15, 0.2) is 0 Å². The summed E-state index contributed by atoms with van der Waals surface area (Å²) in [5, 5.41) is 1.80. The van der Waals surface area contributed by atoms with Crippen LogP contribution >= 0.6 is 11.3 Å². The highest BCUT2D eigenvalue weighted by atomic mass is 32.2. The van der Waals surface area contributed by atoms with Crippen LogP contribution in [0, 0.1) is 10.8 Å². The second-order valence-electron chi connectivity index (χ2n) is 9.54. The van der Waals surface area contributed by atoms with Crippen molar-refractivity contribution in [2.24, 2.45) is 10.8 Å². The molecule has 1 aliphatic carbocycles. The summed E-state index contributed by atoms with van der Waals surface area (Å²) in [4.78, 5) is 2.52. The first-order chi connectivity index (χ1) is 10.9. The molecule has 2 atom stereocenters. The van der Waals surface area contributed by atoms with Crippen LogP contribution in [-0.2, 0) is 10.0 Å². The molecule has 4 nitrogen and oxygen atoms in total. The SMILES string of the molecule is CC1(C)C[C@H]2C[C@](C)(CN2CC(C)(C)NS(=O)(=O)c2cccs2)C1. The van der Waals surface area contributed by atoms with Crippen LogP contribution in [0.5, 0.6) is 0 Å². The minimum Gasteiger partial charge on any atom is -0.298 e. The topological polar surface area (TPSA) is 49.4 Å². The van der Waals surface area contributed by atoms with Gasteiger partial charge in [-0.15, -0.1) is 11.3 Å². The van der Waals surface area contributed by atoms with Gasteiger partial charge in [-0.3, -0.25) is 4.90 Å². The minimum atomic E-state index is -3.43. The van der Waals surface area contributed by atoms with Gasteiger partial charge in [0.25, 0.3) is 10.0 Å². The maximum Gasteiger partial charge on any atom is 0.250 e. The Morgan fingerprint density at radius 3 is 2.67 bits per heavy atom. The zero-order chi connectivity index (χ0) is 17.8. The largest absolute Gasteiger partial charge is 0.298 e. The number of hydrogen-bond acceptors (Lipinski definition) is 4. The van der Waals surface area contributed by atoms with Gasteiger partial charge in [0.05, 0.1) is 0 Å². The number of thiophene rings is 1. The average Bonchev–Trinajstić information content (AvgIpc) is 2.93. The molecule has 0 aromatic carbocycles. The summed E-state index contributed by atoms with van der Waals surface area (Å²) in [5.74, 6) is 0. The number of rotatable bonds is 5. The Morgan fingerprint density at radius 2 is 2.04 bits per heavy atom. The first-order valence-corrected chi connectivity index (χ1v) is 11.1. The van der Waals surface area contributed by atoms with E-state index < -0.39 is 15.6 Å². The lowest BCUT2D eigenvalue weighted by atomic mass is 9.65. The summed E-state index contributed by atoms with van der Waals surface area (Å²) in [6.07, 6.45) is 3.70. The van der Waals surface area contributed by atoms with Crippen LogP contribution < -0.4 is 4.72 Å². The molecule has 1 aromatic rings. The van der Waals surface area contributed by atoms with Gasteiger partial charge in [-0.05, 0) is 55.4 Å². The van der Waals surface area contributed by atoms with Crippen molar-refractivity contribution in [2.75, 3.05) is 13.1 Å². The molecule has 1 N–H and O–H groups in total. The first kappa shape index (κ1) is 18.4. The zero-order valence-electron chi connectivity index (χ0n) is 15.4. The molecule has 6 heteroatoms. The molecule has 24 heavy (non-hydrogen) atoms. The van der Waals surface area contributed by atoms with E-state index in [-0.39, 0.29) is 0 Å². The third-order valence-electron chi connectivity index (χ3n) is 5.29. The number of fused-ring (bicyclic) bond motifs is 2. The molecule has 2 bridgehead atoms. The van der Waals surface area contributed by atoms with E-state index in [0.717, 1.165) is 13.1 Å². The number of sulfonamides is 1. The fourth-order valence-corrected chi connectivity index (χ4v) is 7.53. The molecule has 0 radical (unpaired) electrons. The van der Waals surface area contributed by atoms with Crippen LogP contribution in [0.15, 0.2) is 21.7 Å². The summed E-state index contributed by atoms with van der Waals surface area (Å²) >= 11 is 1.26. The molecule has 1 saturated carbocycles. The van der Waals surface area contributed by atoms with Crippen molar-refractivity contribution in [3.8, 4) is 0 Å². The lowest BCUT2D eigenvalue weighted by Gasteiger charge is -2.40. The molecular formula is C18H30N2O2S2. The van der Waals surface area contributed by atoms with Crippen molar-refractivity contribution in [3.63, 3.8) is 0 Å². The maximum atomic E-state index is 12.6. The molecule has 0 spiro atoms. The summed E-state index contributed by atoms with van der Waals surface area (Å²) in [6.45, 7) is 12.9. The van der Waals surface area contributed by atoms with Gasteiger partial charge in [-0.25, -0.2) is 13.1 Å². The Hall–Kier alpha value is -0.430. The quantitative estimate of drug-likeness (QED) is 0.860. The molecule has 2 fully saturated rings. The zero-order valence-corrected chi connectivity index (χ0v) is 17.1. The fraction of sp³-hybridized carbons (Fsp3) is 0.778. The predicted octanol–water partition coefficient (Wildman–Crippen LogP) is 3.71. The second-order valence-corrected chi connectivity index (χ2v) is 12.4. The van der Waals surface area contributed by atoms with E-state index >= 15 is 0 Å². The van der Waals surface area contributed by atoms with E-state index in [1.54, 1.807) is 17.5 Å². The average molecular weight is 371 g/mol. The van der Waals surface area contributed by atoms with E-state index in [0.29, 0.717) is 21.1 Å². The highest BCUT2D eigenvalue weighted by Gasteiger charge is 2.50. The third-order valence-corrected chi connectivity index (χ3v) is 8.39. The number of hydrogen-bond donors (Lipinski definition) is 1. The lowest BCUT2D eigenvalue weighted by molar-refractivity contribution is 0.123. The molecule has 136 valence electrons. The van der Waals surface area contributed by atoms with Gasteiger partial charge >= 0.3 is 0 Å². The molecule has 1 saturated heterocycles. The van der Waals surface area contributed by atoms with Gasteiger partial charge in [0, 0.05) is 24.7 Å². The Balaban J connectivity index is 1.71. The van der Waals surface area contributed by atoms with E-state index in [1.165, 1.54) is 30.6 Å². The molecule has 0 amide bonds. The van der Waals surface area contributed by atoms with E-state index in [2.05, 4.69) is 30.4 Å². The van der Waals surface area contributed by atoms with Crippen LogP contribution in [0.3, 0.4) is 0 Å². The predicted molar refractivity (Wildman–Crippen MR) is 99.8 cm³/mol. The van der Waals surface area contributed by atoms with Crippen LogP contribution in [0.25, 0.3) is 0 Å². The fourth-order valence-electron chi connectivity index (χ4n) is 5.13. The van der Waals surface area contributed by atoms with Gasteiger partial charge < -0.3 is 0 Å². The summed E-state index contributed by atoms with van der Waals surface area (Å²) in [7, 11) is -3.43. The smallest absolute Gasteiger partial charge is 0.250 e. The summed E-state index contributed by atoms with van der Waals surface area (Å²) in [6, 6.07) is 4.01. The molecule has 1 aromatic heterocycles. The van der Waals surface area contributed by atoms with Gasteiger partial charge in [0.2, 0.25) is 0 Å². The number of nitrogens with one attached hydrogen (secondary N) is 1. The van der Waals surface area contributed by atoms with Gasteiger partial charge in [-0.1, -0.05) is 26.8 Å². The normalized spacial score (nSPS) is 30.6. The standard InChI is InChI=1S/C18H30N2O2S2/c1-16(2)9-14-10-18(5,11-16)13-20(14)12-17(3,4)19-24(21,22)15-7-6-8-23-15/h6-8,14,19H,9-13H2,1-5H3/t14-,18-/m0/s1. The van der Waals surface area contributed by atoms with Crippen LogP contribution in [0.2, 0.25) is 0 Å². The Bertz CT molecular complexity index is 695. The van der Waals surface area contributed by atoms with Crippen molar-refractivity contribution in [2.45, 2.75) is 69.7 Å². The summed E-state index contributed by atoms with van der Waals surface area (Å²) in [5.41, 5.74) is 0.267. The van der Waals surface area contributed by atoms with Crippen molar-refractivity contribution in [3.05, 3.63) is 17.5 Å². The van der Waals surface area contributed by atoms with Gasteiger partial charge in [-0.2, -0.15) is 0 Å². The minimum absolute atomic E-state index is 0.370. The highest BCUT2D eigenvalue weighted by Crippen LogP contribution is 2.52. The van der Waals surface area contributed by atoms with Crippen molar-refractivity contribution in [1.82, 2.24) is 9.62 Å². The van der Waals surface area contributed by atoms with Crippen molar-refractivity contribution < 1.29 is 8.42 Å². The summed E-state index contributed by atoms with van der Waals surface area (Å²) < 4.78 is 28.4. The molecule has 1 aliphatic heterocycles. The van der Waals surface area contributed by atoms with E-state index in [1.807, 2.05) is 13.8 Å². The monoisotopic (exact) mass is 370 g/mol. The Kier molecular flexibility index (Phi) is 4.43. The van der Waals surface area contributed by atoms with Gasteiger partial charge in [0.1, 0.15) is 4.21 Å². The molecule has 2 aliphatic rings. The van der Waals surface area contributed by atoms with E-state index in [4.69, 9.17) is 0 Å². The van der Waals surface area contributed by atoms with Crippen LogP contribution in [0.1, 0.15) is 53.9 Å². The van der Waals surface area contributed by atoms with Crippen molar-refractivity contribution >= 4 is 21.4 Å². The molecule has 3 rings (SSSR count). The highest BCUT2D eigenvalue weighted by molar-refractivity contribution is 7.91. The molecular weight excluding hydrogens is 340 g/mol. The molecule has 2 heterocycles. The Labute approximate surface area is 150 Å².